The van der Waals surface area contributed by atoms with Crippen molar-refractivity contribution < 1.29 is 22.4 Å². The van der Waals surface area contributed by atoms with Gasteiger partial charge in [0.15, 0.2) is 9.84 Å². The minimum absolute atomic E-state index is 0.131. The summed E-state index contributed by atoms with van der Waals surface area (Å²) >= 11 is 0. The molecule has 9 nitrogen and oxygen atoms in total. The number of aryl methyl sites for hydroxylation is 1. The maximum atomic E-state index is 11.7. The Balaban J connectivity index is 2.00. The first-order chi connectivity index (χ1) is 11.3. The van der Waals surface area contributed by atoms with E-state index in [0.29, 0.717) is 5.69 Å². The monoisotopic (exact) mass is 352 g/mol. The quantitative estimate of drug-likeness (QED) is 0.377. The molecule has 0 saturated heterocycles. The first-order valence-electron chi connectivity index (χ1n) is 6.81. The molecule has 0 saturated carbocycles. The van der Waals surface area contributed by atoms with E-state index in [-0.39, 0.29) is 6.01 Å². The summed E-state index contributed by atoms with van der Waals surface area (Å²) in [6.07, 6.45) is 1.34. The van der Waals surface area contributed by atoms with Crippen molar-refractivity contribution in [3.63, 3.8) is 0 Å². The topological polar surface area (TPSA) is 144 Å². The van der Waals surface area contributed by atoms with Gasteiger partial charge in [-0.1, -0.05) is 29.8 Å². The van der Waals surface area contributed by atoms with E-state index in [1.54, 1.807) is 5.43 Å². The number of nitrogens with one attached hydrogen (secondary N) is 2. The SMILES string of the molecule is Cc1ccc(-c2coc(NC(=O)CS(=O)(=O)CC(=O)NN)n2)cc1. The lowest BCUT2D eigenvalue weighted by Crippen LogP contribution is -2.37. The van der Waals surface area contributed by atoms with Crippen LogP contribution in [0.4, 0.5) is 6.01 Å². The highest BCUT2D eigenvalue weighted by Crippen LogP contribution is 2.21. The summed E-state index contributed by atoms with van der Waals surface area (Å²) < 4.78 is 28.4. The van der Waals surface area contributed by atoms with E-state index in [9.17, 15) is 18.0 Å². The third-order valence-corrected chi connectivity index (χ3v) is 4.36. The number of aromatic nitrogens is 1. The molecule has 0 unspecified atom stereocenters. The number of rotatable bonds is 6. The Morgan fingerprint density at radius 3 is 2.42 bits per heavy atom. The summed E-state index contributed by atoms with van der Waals surface area (Å²) in [5.74, 6) is 1.28. The zero-order valence-electron chi connectivity index (χ0n) is 12.8. The third kappa shape index (κ3) is 4.89. The Labute approximate surface area is 138 Å². The minimum atomic E-state index is -3.94. The zero-order valence-corrected chi connectivity index (χ0v) is 13.6. The van der Waals surface area contributed by atoms with Gasteiger partial charge in [-0.15, -0.1) is 0 Å². The fourth-order valence-electron chi connectivity index (χ4n) is 1.84. The number of hydrogen-bond donors (Lipinski definition) is 3. The highest BCUT2D eigenvalue weighted by molar-refractivity contribution is 7.92. The number of hydrogen-bond acceptors (Lipinski definition) is 7. The van der Waals surface area contributed by atoms with Gasteiger partial charge in [0.05, 0.1) is 0 Å². The molecule has 0 radical (unpaired) electrons. The number of oxazole rings is 1. The predicted molar refractivity (Wildman–Crippen MR) is 86.3 cm³/mol. The molecule has 0 fully saturated rings. The van der Waals surface area contributed by atoms with E-state index in [1.807, 2.05) is 31.2 Å². The summed E-state index contributed by atoms with van der Waals surface area (Å²) in [6.45, 7) is 1.95. The van der Waals surface area contributed by atoms with Crippen molar-refractivity contribution in [2.45, 2.75) is 6.92 Å². The van der Waals surface area contributed by atoms with Gasteiger partial charge in [0.25, 0.3) is 0 Å². The van der Waals surface area contributed by atoms with Gasteiger partial charge >= 0.3 is 6.01 Å². The second kappa shape index (κ2) is 7.23. The van der Waals surface area contributed by atoms with E-state index in [2.05, 4.69) is 10.3 Å². The van der Waals surface area contributed by atoms with Crippen LogP contribution in [0.1, 0.15) is 5.56 Å². The Hall–Kier alpha value is -2.72. The van der Waals surface area contributed by atoms with E-state index in [0.717, 1.165) is 11.1 Å². The molecule has 4 N–H and O–H groups in total. The highest BCUT2D eigenvalue weighted by Gasteiger charge is 2.21. The van der Waals surface area contributed by atoms with Gasteiger partial charge in [0, 0.05) is 5.56 Å². The largest absolute Gasteiger partial charge is 0.431 e. The second-order valence-corrected chi connectivity index (χ2v) is 7.12. The summed E-state index contributed by atoms with van der Waals surface area (Å²) in [7, 11) is -3.94. The van der Waals surface area contributed by atoms with Crippen molar-refractivity contribution in [3.8, 4) is 11.3 Å². The van der Waals surface area contributed by atoms with Crippen LogP contribution in [-0.2, 0) is 19.4 Å². The van der Waals surface area contributed by atoms with Gasteiger partial charge in [-0.25, -0.2) is 14.3 Å². The average Bonchev–Trinajstić information content (AvgIpc) is 2.94. The number of anilines is 1. The molecule has 1 aromatic heterocycles. The van der Waals surface area contributed by atoms with Crippen LogP contribution in [0.3, 0.4) is 0 Å². The number of carbonyl (C=O) groups excluding carboxylic acids is 2. The van der Waals surface area contributed by atoms with Crippen molar-refractivity contribution in [3.05, 3.63) is 36.1 Å². The van der Waals surface area contributed by atoms with E-state index in [1.165, 1.54) is 6.26 Å². The number of nitrogens with two attached hydrogens (primary N) is 1. The molecule has 1 aromatic carbocycles. The fraction of sp³-hybridized carbons (Fsp3) is 0.214. The van der Waals surface area contributed by atoms with Gasteiger partial charge in [0.2, 0.25) is 11.8 Å². The molecule has 0 bridgehead atoms. The van der Waals surface area contributed by atoms with Crippen molar-refractivity contribution in [1.82, 2.24) is 10.4 Å². The standard InChI is InChI=1S/C14H16N4O5S/c1-9-2-4-10(5-3-9)11-6-23-14(16-11)17-12(19)7-24(21,22)8-13(20)18-15/h2-6H,7-8,15H2,1H3,(H,18,20)(H,16,17,19). The van der Waals surface area contributed by atoms with Gasteiger partial charge in [0.1, 0.15) is 23.5 Å². The molecule has 10 heteroatoms. The number of amides is 2. The first-order valence-corrected chi connectivity index (χ1v) is 8.63. The number of sulfone groups is 1. The summed E-state index contributed by atoms with van der Waals surface area (Å²) in [5.41, 5.74) is 4.06. The number of nitrogens with zero attached hydrogens (tertiary/aromatic N) is 1. The van der Waals surface area contributed by atoms with Crippen LogP contribution in [0, 0.1) is 6.92 Å². The highest BCUT2D eigenvalue weighted by atomic mass is 32.2. The van der Waals surface area contributed by atoms with Crippen LogP contribution in [0.2, 0.25) is 0 Å². The van der Waals surface area contributed by atoms with Crippen LogP contribution in [0.15, 0.2) is 34.9 Å². The minimum Gasteiger partial charge on any atom is -0.431 e. The molecule has 24 heavy (non-hydrogen) atoms. The van der Waals surface area contributed by atoms with Crippen molar-refractivity contribution >= 4 is 27.7 Å². The lowest BCUT2D eigenvalue weighted by Gasteiger charge is -2.03. The molecule has 0 aliphatic heterocycles. The summed E-state index contributed by atoms with van der Waals surface area (Å²) in [6, 6.07) is 7.35. The molecular formula is C14H16N4O5S. The second-order valence-electron chi connectivity index (χ2n) is 5.05. The normalized spacial score (nSPS) is 11.1. The fourth-order valence-corrected chi connectivity index (χ4v) is 2.89. The van der Waals surface area contributed by atoms with Crippen LogP contribution in [-0.4, -0.2) is 36.7 Å². The van der Waals surface area contributed by atoms with Crippen molar-refractivity contribution in [2.75, 3.05) is 16.8 Å². The molecule has 2 amide bonds. The van der Waals surface area contributed by atoms with Gasteiger partial charge in [-0.3, -0.25) is 20.3 Å². The molecular weight excluding hydrogens is 336 g/mol. The van der Waals surface area contributed by atoms with Crippen LogP contribution >= 0.6 is 0 Å². The number of benzene rings is 1. The molecule has 1 heterocycles. The molecule has 2 rings (SSSR count). The van der Waals surface area contributed by atoms with E-state index in [4.69, 9.17) is 10.3 Å². The van der Waals surface area contributed by atoms with E-state index < -0.39 is 33.2 Å². The Morgan fingerprint density at radius 2 is 1.79 bits per heavy atom. The molecule has 0 atom stereocenters. The number of hydrazine groups is 1. The Kier molecular flexibility index (Phi) is 5.31. The summed E-state index contributed by atoms with van der Waals surface area (Å²) in [5, 5.41) is 2.23. The van der Waals surface area contributed by atoms with Gasteiger partial charge in [-0.2, -0.15) is 4.98 Å². The first kappa shape index (κ1) is 17.6. The van der Waals surface area contributed by atoms with Crippen molar-refractivity contribution in [2.24, 2.45) is 5.84 Å². The van der Waals surface area contributed by atoms with Crippen LogP contribution < -0.4 is 16.6 Å². The predicted octanol–water partition coefficient (Wildman–Crippen LogP) is -0.00678. The average molecular weight is 352 g/mol. The van der Waals surface area contributed by atoms with Crippen LogP contribution in [0.25, 0.3) is 11.3 Å². The maximum absolute atomic E-state index is 11.7. The molecule has 2 aromatic rings. The lowest BCUT2D eigenvalue weighted by atomic mass is 10.1. The smallest absolute Gasteiger partial charge is 0.301 e. The lowest BCUT2D eigenvalue weighted by molar-refractivity contribution is -0.118. The van der Waals surface area contributed by atoms with Crippen molar-refractivity contribution in [1.29, 1.82) is 0 Å². The zero-order chi connectivity index (χ0) is 17.7. The van der Waals surface area contributed by atoms with Crippen LogP contribution in [0.5, 0.6) is 0 Å². The molecule has 0 aliphatic carbocycles. The number of carbonyl (C=O) groups is 2. The Bertz CT molecular complexity index is 842. The third-order valence-electron chi connectivity index (χ3n) is 2.96. The Morgan fingerprint density at radius 1 is 1.17 bits per heavy atom. The van der Waals surface area contributed by atoms with E-state index >= 15 is 0 Å². The van der Waals surface area contributed by atoms with Gasteiger partial charge in [-0.05, 0) is 6.92 Å². The maximum Gasteiger partial charge on any atom is 0.301 e. The summed E-state index contributed by atoms with van der Waals surface area (Å²) in [4.78, 5) is 26.8. The molecule has 0 spiro atoms. The van der Waals surface area contributed by atoms with Gasteiger partial charge < -0.3 is 4.42 Å². The molecule has 0 aliphatic rings. The molecule has 128 valence electrons.